The Morgan fingerprint density at radius 2 is 1.06 bits per heavy atom. The molecule has 8 heterocycles. The number of aromatic nitrogens is 10. The van der Waals surface area contributed by atoms with E-state index in [1.165, 1.54) is 24.4 Å². The summed E-state index contributed by atoms with van der Waals surface area (Å²) in [6.45, 7) is 12.1. The summed E-state index contributed by atoms with van der Waals surface area (Å²) in [6, 6.07) is 16.7. The van der Waals surface area contributed by atoms with Crippen LogP contribution < -0.4 is 16.4 Å². The quantitative estimate of drug-likeness (QED) is 0.0476. The number of carbonyl (C=O) groups is 4. The van der Waals surface area contributed by atoms with E-state index < -0.39 is 16.1 Å². The molecular formula is C60H69N17O8S. The highest BCUT2D eigenvalue weighted by atomic mass is 32.2. The fourth-order valence-corrected chi connectivity index (χ4v) is 9.91. The predicted molar refractivity (Wildman–Crippen MR) is 317 cm³/mol. The SMILES string of the molecule is C[C@H](N)C#N.Cc1ccc(S(=O)(=O)O)cc1.Cc1cnc(Nc2cnn(C3CCN(C(=O)C4CC4)CC3)c2)nc1-c1ccc(C(=O)C[C@@H](C)C#N)nc1.Cc1cnc(Nc2cnn(C3CCN(C(=O)C4CC4)CC3)c2)nc1-c1ccc(C(=O)O)nc1. The molecule has 0 radical (unpaired) electrons. The number of Topliss-reactive ketones (excluding diaryl/α,β-unsaturated/α-hetero) is 1. The summed E-state index contributed by atoms with van der Waals surface area (Å²) in [6.07, 6.45) is 21.9. The van der Waals surface area contributed by atoms with E-state index in [1.807, 2.05) is 58.4 Å². The number of ketones is 1. The molecule has 11 rings (SSSR count). The first-order chi connectivity index (χ1) is 41.1. The van der Waals surface area contributed by atoms with Gasteiger partial charge in [0.05, 0.1) is 76.2 Å². The van der Waals surface area contributed by atoms with Crippen molar-refractivity contribution < 1.29 is 37.3 Å². The summed E-state index contributed by atoms with van der Waals surface area (Å²) in [5.41, 5.74) is 12.4. The van der Waals surface area contributed by atoms with Crippen molar-refractivity contribution in [1.29, 1.82) is 10.5 Å². The van der Waals surface area contributed by atoms with Gasteiger partial charge in [-0.05, 0) is 134 Å². The molecule has 2 aliphatic carbocycles. The number of nitrogens with zero attached hydrogens (tertiary/aromatic N) is 14. The molecule has 4 aliphatic rings. The number of aromatic carboxylic acids is 1. The molecule has 4 fully saturated rings. The average molecular weight is 1190 g/mol. The van der Waals surface area contributed by atoms with E-state index in [-0.39, 0.29) is 58.7 Å². The second-order valence-electron chi connectivity index (χ2n) is 21.8. The Morgan fingerprint density at radius 3 is 1.42 bits per heavy atom. The third-order valence-corrected chi connectivity index (χ3v) is 15.5. The molecule has 0 bridgehead atoms. The zero-order valence-corrected chi connectivity index (χ0v) is 49.3. The number of pyridine rings is 2. The van der Waals surface area contributed by atoms with Crippen molar-refractivity contribution >= 4 is 57.0 Å². The molecule has 0 spiro atoms. The van der Waals surface area contributed by atoms with Gasteiger partial charge in [0.2, 0.25) is 23.7 Å². The second kappa shape index (κ2) is 28.5. The van der Waals surface area contributed by atoms with E-state index in [4.69, 9.17) is 25.9 Å². The van der Waals surface area contributed by atoms with Crippen LogP contribution in [0.4, 0.5) is 23.3 Å². The Balaban J connectivity index is 0.000000179. The van der Waals surface area contributed by atoms with Gasteiger partial charge in [-0.3, -0.25) is 33.3 Å². The van der Waals surface area contributed by atoms with Crippen LogP contribution in [-0.4, -0.2) is 133 Å². The predicted octanol–water partition coefficient (Wildman–Crippen LogP) is 8.25. The first-order valence-electron chi connectivity index (χ1n) is 28.3. The number of carboxylic acids is 1. The Bertz CT molecular complexity index is 3710. The summed E-state index contributed by atoms with van der Waals surface area (Å²) < 4.78 is 33.5. The van der Waals surface area contributed by atoms with Gasteiger partial charge in [-0.15, -0.1) is 0 Å². The number of carboxylic acid groups (broad SMARTS) is 1. The molecule has 2 saturated carbocycles. The highest BCUT2D eigenvalue weighted by Gasteiger charge is 2.36. The Morgan fingerprint density at radius 1 is 0.628 bits per heavy atom. The van der Waals surface area contributed by atoms with Crippen molar-refractivity contribution in [2.24, 2.45) is 23.5 Å². The van der Waals surface area contributed by atoms with Crippen molar-refractivity contribution in [3.63, 3.8) is 0 Å². The minimum absolute atomic E-state index is 0.0149. The third-order valence-electron chi connectivity index (χ3n) is 14.6. The fourth-order valence-electron chi connectivity index (χ4n) is 9.43. The molecule has 2 amide bonds. The standard InChI is InChI=1S/C27H30N8O2.C23H25N7O3.C7H8O3S.C3H6N2/c1-17(12-28)11-24(36)23-6-5-20(14-29-23)25-18(2)13-30-27(33-25)32-21-15-31-35(16-21)22-7-9-34(10-8-22)26(37)19-3-4-19;1-14-10-25-23(28-20(14)16-4-5-19(22(32)33)24-11-16)27-17-12-26-30(13-17)18-6-8-29(9-7-18)21(31)15-2-3-15;1-6-2-4-7(5-3-6)11(8,9)10;1-3(5)2-4/h5-6,13-17,19,22H,3-4,7-11H2,1-2H3,(H,30,32,33);4-5,10-13,15,18H,2-3,6-9H2,1H3,(H,32,33)(H,25,27,28);2-5H,1H3,(H,8,9,10);3H,5H2,1H3/t17-;;;3-/m1..0/s1. The van der Waals surface area contributed by atoms with Crippen LogP contribution in [-0.2, 0) is 19.7 Å². The lowest BCUT2D eigenvalue weighted by molar-refractivity contribution is -0.134. The minimum Gasteiger partial charge on any atom is -0.477 e. The van der Waals surface area contributed by atoms with Gasteiger partial charge in [-0.2, -0.15) is 29.1 Å². The number of amides is 2. The maximum atomic E-state index is 12.3. The van der Waals surface area contributed by atoms with Crippen LogP contribution in [0.25, 0.3) is 22.5 Å². The van der Waals surface area contributed by atoms with E-state index in [0.717, 1.165) is 117 Å². The number of hydrogen-bond donors (Lipinski definition) is 5. The fraction of sp³-hybridized carbons (Fsp3) is 0.400. The summed E-state index contributed by atoms with van der Waals surface area (Å²) in [5.74, 6) is 0.462. The van der Waals surface area contributed by atoms with E-state index in [2.05, 4.69) is 56.8 Å². The molecule has 86 heavy (non-hydrogen) atoms. The summed E-state index contributed by atoms with van der Waals surface area (Å²) in [7, 11) is -4.02. The zero-order chi connectivity index (χ0) is 61.7. The van der Waals surface area contributed by atoms with Gasteiger partial charge in [0, 0.05) is 92.7 Å². The molecule has 448 valence electrons. The Labute approximate surface area is 498 Å². The van der Waals surface area contributed by atoms with Crippen LogP contribution in [0.1, 0.15) is 121 Å². The van der Waals surface area contributed by atoms with Crippen LogP contribution in [0.3, 0.4) is 0 Å². The topological polar surface area (TPSA) is 360 Å². The number of aryl methyl sites for hydroxylation is 3. The van der Waals surface area contributed by atoms with Crippen molar-refractivity contribution in [3.8, 4) is 34.7 Å². The van der Waals surface area contributed by atoms with Gasteiger partial charge >= 0.3 is 5.97 Å². The van der Waals surface area contributed by atoms with Crippen LogP contribution in [0, 0.1) is 61.2 Å². The van der Waals surface area contributed by atoms with Crippen molar-refractivity contribution in [3.05, 3.63) is 126 Å². The number of piperidine rings is 2. The number of rotatable bonds is 15. The van der Waals surface area contributed by atoms with Crippen LogP contribution in [0.15, 0.2) is 103 Å². The van der Waals surface area contributed by atoms with Gasteiger partial charge in [0.15, 0.2) is 5.78 Å². The van der Waals surface area contributed by atoms with Crippen molar-refractivity contribution in [1.82, 2.24) is 59.3 Å². The van der Waals surface area contributed by atoms with Crippen molar-refractivity contribution in [2.75, 3.05) is 36.8 Å². The second-order valence-corrected chi connectivity index (χ2v) is 23.2. The molecule has 2 atom stereocenters. The number of likely N-dealkylation sites (tertiary alicyclic amines) is 2. The number of anilines is 4. The summed E-state index contributed by atoms with van der Waals surface area (Å²) >= 11 is 0. The van der Waals surface area contributed by atoms with E-state index >= 15 is 0 Å². The number of nitrogens with one attached hydrogen (secondary N) is 2. The largest absolute Gasteiger partial charge is 0.477 e. The first-order valence-corrected chi connectivity index (χ1v) is 29.8. The number of hydrogen-bond acceptors (Lipinski definition) is 19. The molecule has 2 saturated heterocycles. The molecule has 7 aromatic rings. The lowest BCUT2D eigenvalue weighted by atomic mass is 10.0. The Hall–Kier alpha value is -9.37. The number of nitriles is 2. The molecular weight excluding hydrogens is 1120 g/mol. The molecule has 0 unspecified atom stereocenters. The summed E-state index contributed by atoms with van der Waals surface area (Å²) in [4.78, 5) is 78.2. The highest BCUT2D eigenvalue weighted by Crippen LogP contribution is 2.35. The molecule has 2 aliphatic heterocycles. The summed E-state index contributed by atoms with van der Waals surface area (Å²) in [5, 5.41) is 41.2. The number of nitrogens with two attached hydrogens (primary N) is 1. The van der Waals surface area contributed by atoms with E-state index in [1.54, 1.807) is 75.2 Å². The van der Waals surface area contributed by atoms with Gasteiger partial charge in [0.1, 0.15) is 11.4 Å². The van der Waals surface area contributed by atoms with Gasteiger partial charge in [-0.1, -0.05) is 17.7 Å². The van der Waals surface area contributed by atoms with Crippen LogP contribution in [0.5, 0.6) is 0 Å². The number of benzene rings is 1. The normalized spacial score (nSPS) is 15.8. The average Bonchev–Trinajstić information content (AvgIpc) is 4.62. The van der Waals surface area contributed by atoms with Crippen molar-refractivity contribution in [2.45, 2.75) is 115 Å². The molecule has 6 aromatic heterocycles. The van der Waals surface area contributed by atoms with Gasteiger partial charge in [0.25, 0.3) is 10.1 Å². The molecule has 26 heteroatoms. The molecule has 1 aromatic carbocycles. The smallest absolute Gasteiger partial charge is 0.354 e. The minimum atomic E-state index is -4.02. The zero-order valence-electron chi connectivity index (χ0n) is 48.5. The Kier molecular flexibility index (Phi) is 20.7. The highest BCUT2D eigenvalue weighted by molar-refractivity contribution is 7.85. The maximum Gasteiger partial charge on any atom is 0.354 e. The lowest BCUT2D eigenvalue weighted by Crippen LogP contribution is -2.39. The third kappa shape index (κ3) is 17.4. The van der Waals surface area contributed by atoms with E-state index in [0.29, 0.717) is 40.7 Å². The first kappa shape index (κ1) is 62.7. The maximum absolute atomic E-state index is 12.3. The molecule has 6 N–H and O–H groups in total. The van der Waals surface area contributed by atoms with Crippen LogP contribution in [0.2, 0.25) is 0 Å². The number of carbonyl (C=O) groups excluding carboxylic acids is 3. The molecule has 25 nitrogen and oxygen atoms in total. The van der Waals surface area contributed by atoms with Gasteiger partial charge < -0.3 is 31.3 Å². The van der Waals surface area contributed by atoms with E-state index in [9.17, 15) is 27.6 Å². The lowest BCUT2D eigenvalue weighted by Gasteiger charge is -2.32. The monoisotopic (exact) mass is 1190 g/mol. The van der Waals surface area contributed by atoms with Crippen LogP contribution >= 0.6 is 0 Å². The van der Waals surface area contributed by atoms with Gasteiger partial charge in [-0.25, -0.2) is 29.7 Å².